The van der Waals surface area contributed by atoms with Crippen molar-refractivity contribution in [3.63, 3.8) is 0 Å². The van der Waals surface area contributed by atoms with Crippen molar-refractivity contribution in [1.82, 2.24) is 0 Å². The Labute approximate surface area is 171 Å². The highest BCUT2D eigenvalue weighted by molar-refractivity contribution is 5.88. The maximum atomic E-state index is 12.7. The summed E-state index contributed by atoms with van der Waals surface area (Å²) in [6, 6.07) is 16.0. The molecule has 0 bridgehead atoms. The largest absolute Gasteiger partial charge is 0.462 e. The van der Waals surface area contributed by atoms with Gasteiger partial charge in [0.1, 0.15) is 12.2 Å². The van der Waals surface area contributed by atoms with E-state index in [-0.39, 0.29) is 12.5 Å². The molecule has 0 fully saturated rings. The third kappa shape index (κ3) is 4.18. The van der Waals surface area contributed by atoms with E-state index in [9.17, 15) is 9.59 Å². The molecule has 1 aliphatic carbocycles. The average Bonchev–Trinajstić information content (AvgIpc) is 2.98. The van der Waals surface area contributed by atoms with Crippen molar-refractivity contribution in [3.8, 4) is 11.1 Å². The van der Waals surface area contributed by atoms with Crippen LogP contribution in [0.1, 0.15) is 44.7 Å². The second kappa shape index (κ2) is 7.61. The highest BCUT2D eigenvalue weighted by Crippen LogP contribution is 2.44. The predicted octanol–water partition coefficient (Wildman–Crippen LogP) is 2.93. The van der Waals surface area contributed by atoms with Crippen LogP contribution in [0.5, 0.6) is 0 Å². The summed E-state index contributed by atoms with van der Waals surface area (Å²) in [7, 11) is 0. The van der Waals surface area contributed by atoms with Gasteiger partial charge in [0.15, 0.2) is 5.66 Å². The molecule has 3 rings (SSSR count). The molecule has 29 heavy (non-hydrogen) atoms. The van der Waals surface area contributed by atoms with E-state index in [2.05, 4.69) is 12.1 Å². The number of nitrogens with two attached hydrogens (primary N) is 2. The van der Waals surface area contributed by atoms with Gasteiger partial charge in [-0.2, -0.15) is 0 Å². The zero-order valence-corrected chi connectivity index (χ0v) is 17.3. The van der Waals surface area contributed by atoms with Gasteiger partial charge in [-0.05, 0) is 49.9 Å². The summed E-state index contributed by atoms with van der Waals surface area (Å²) in [6.45, 7) is 6.76. The molecule has 4 N–H and O–H groups in total. The molecule has 1 aliphatic rings. The zero-order valence-electron chi connectivity index (χ0n) is 17.3. The number of carbonyl (C=O) groups excluding carboxylic acids is 2. The first-order valence-electron chi connectivity index (χ1n) is 9.68. The maximum Gasteiger partial charge on any atom is 0.341 e. The van der Waals surface area contributed by atoms with E-state index in [0.29, 0.717) is 0 Å². The van der Waals surface area contributed by atoms with Gasteiger partial charge in [-0.15, -0.1) is 0 Å². The van der Waals surface area contributed by atoms with Gasteiger partial charge >= 0.3 is 11.9 Å². The number of benzene rings is 2. The zero-order chi connectivity index (χ0) is 21.4. The van der Waals surface area contributed by atoms with Crippen molar-refractivity contribution >= 4 is 11.9 Å². The van der Waals surface area contributed by atoms with Crippen molar-refractivity contribution in [1.29, 1.82) is 0 Å². The number of ether oxygens (including phenoxy) is 2. The fourth-order valence-corrected chi connectivity index (χ4v) is 3.49. The van der Waals surface area contributed by atoms with Gasteiger partial charge in [0.25, 0.3) is 0 Å². The Morgan fingerprint density at radius 1 is 0.966 bits per heavy atom. The standard InChI is InChI=1S/C23H28N2O4/c1-14(20(26)29-22(2,3)4)23(24,25)21(27)28-13-19-17-11-7-5-9-15(17)16-10-6-8-12-18(16)19/h5-12,14,19H,13,24-25H2,1-4H3. The fraction of sp³-hybridized carbons (Fsp3) is 0.391. The highest BCUT2D eigenvalue weighted by Gasteiger charge is 2.44. The fourth-order valence-electron chi connectivity index (χ4n) is 3.49. The van der Waals surface area contributed by atoms with Gasteiger partial charge in [0.05, 0.1) is 5.92 Å². The Balaban J connectivity index is 1.74. The summed E-state index contributed by atoms with van der Waals surface area (Å²) < 4.78 is 10.8. The van der Waals surface area contributed by atoms with E-state index in [1.54, 1.807) is 20.8 Å². The Morgan fingerprint density at radius 2 is 1.45 bits per heavy atom. The topological polar surface area (TPSA) is 105 Å². The van der Waals surface area contributed by atoms with E-state index in [4.69, 9.17) is 20.9 Å². The van der Waals surface area contributed by atoms with Crippen molar-refractivity contribution in [2.75, 3.05) is 6.61 Å². The minimum Gasteiger partial charge on any atom is -0.462 e. The van der Waals surface area contributed by atoms with Gasteiger partial charge < -0.3 is 20.9 Å². The number of hydrogen-bond acceptors (Lipinski definition) is 6. The van der Waals surface area contributed by atoms with Crippen LogP contribution in [-0.2, 0) is 19.1 Å². The number of fused-ring (bicyclic) bond motifs is 3. The van der Waals surface area contributed by atoms with E-state index in [1.165, 1.54) is 6.92 Å². The van der Waals surface area contributed by atoms with Gasteiger partial charge in [0.2, 0.25) is 0 Å². The normalized spacial score (nSPS) is 14.7. The number of hydrogen-bond donors (Lipinski definition) is 2. The second-order valence-corrected chi connectivity index (χ2v) is 8.51. The van der Waals surface area contributed by atoms with E-state index in [0.717, 1.165) is 22.3 Å². The van der Waals surface area contributed by atoms with E-state index < -0.39 is 29.1 Å². The first-order valence-corrected chi connectivity index (χ1v) is 9.68. The lowest BCUT2D eigenvalue weighted by Crippen LogP contribution is -2.64. The molecule has 0 radical (unpaired) electrons. The first-order chi connectivity index (χ1) is 13.5. The Hall–Kier alpha value is -2.70. The summed E-state index contributed by atoms with van der Waals surface area (Å²) in [5, 5.41) is 0. The molecule has 1 unspecified atom stereocenters. The van der Waals surface area contributed by atoms with Crippen molar-refractivity contribution < 1.29 is 19.1 Å². The lowest BCUT2D eigenvalue weighted by Gasteiger charge is -2.30. The molecule has 0 amide bonds. The van der Waals surface area contributed by atoms with E-state index >= 15 is 0 Å². The molecule has 6 nitrogen and oxygen atoms in total. The Bertz CT molecular complexity index is 885. The molecule has 1 atom stereocenters. The van der Waals surface area contributed by atoms with Crippen LogP contribution in [0.4, 0.5) is 0 Å². The molecule has 0 aromatic heterocycles. The number of esters is 2. The van der Waals surface area contributed by atoms with Crippen LogP contribution in [0.3, 0.4) is 0 Å². The predicted molar refractivity (Wildman–Crippen MR) is 111 cm³/mol. The van der Waals surface area contributed by atoms with Gasteiger partial charge in [-0.1, -0.05) is 48.5 Å². The Morgan fingerprint density at radius 3 is 1.93 bits per heavy atom. The van der Waals surface area contributed by atoms with Crippen molar-refractivity contribution in [2.45, 2.75) is 44.9 Å². The average molecular weight is 396 g/mol. The molecule has 0 aliphatic heterocycles. The molecule has 0 saturated heterocycles. The molecule has 154 valence electrons. The van der Waals surface area contributed by atoms with Crippen LogP contribution in [0.15, 0.2) is 48.5 Å². The number of rotatable bonds is 5. The van der Waals surface area contributed by atoms with Gasteiger partial charge in [-0.3, -0.25) is 4.79 Å². The molecule has 2 aromatic rings. The molecule has 0 saturated carbocycles. The van der Waals surface area contributed by atoms with Crippen molar-refractivity contribution in [2.24, 2.45) is 17.4 Å². The van der Waals surface area contributed by atoms with E-state index in [1.807, 2.05) is 36.4 Å². The summed E-state index contributed by atoms with van der Waals surface area (Å²) in [6.07, 6.45) is 0. The third-order valence-electron chi connectivity index (χ3n) is 5.17. The van der Waals surface area contributed by atoms with Crippen LogP contribution in [0, 0.1) is 5.92 Å². The quantitative estimate of drug-likeness (QED) is 0.595. The first kappa shape index (κ1) is 21.0. The van der Waals surface area contributed by atoms with Gasteiger partial charge in [0, 0.05) is 5.92 Å². The summed E-state index contributed by atoms with van der Waals surface area (Å²) in [4.78, 5) is 25.0. The number of carbonyl (C=O) groups is 2. The summed E-state index contributed by atoms with van der Waals surface area (Å²) in [5.74, 6) is -2.65. The summed E-state index contributed by atoms with van der Waals surface area (Å²) >= 11 is 0. The lowest BCUT2D eigenvalue weighted by atomic mass is 9.95. The monoisotopic (exact) mass is 396 g/mol. The minimum atomic E-state index is -1.99. The van der Waals surface area contributed by atoms with Crippen LogP contribution in [-0.4, -0.2) is 29.8 Å². The second-order valence-electron chi connectivity index (χ2n) is 8.51. The smallest absolute Gasteiger partial charge is 0.341 e. The van der Waals surface area contributed by atoms with Crippen LogP contribution >= 0.6 is 0 Å². The van der Waals surface area contributed by atoms with Crippen LogP contribution in [0.25, 0.3) is 11.1 Å². The van der Waals surface area contributed by atoms with Crippen LogP contribution in [0.2, 0.25) is 0 Å². The van der Waals surface area contributed by atoms with Crippen LogP contribution < -0.4 is 11.5 Å². The SMILES string of the molecule is CC(C(=O)OC(C)(C)C)C(N)(N)C(=O)OCC1c2ccccc2-c2ccccc21. The molecular formula is C23H28N2O4. The molecular weight excluding hydrogens is 368 g/mol. The summed E-state index contributed by atoms with van der Waals surface area (Å²) in [5.41, 5.74) is 13.7. The third-order valence-corrected chi connectivity index (χ3v) is 5.17. The lowest BCUT2D eigenvalue weighted by molar-refractivity contribution is -0.168. The Kier molecular flexibility index (Phi) is 5.52. The molecule has 0 spiro atoms. The maximum absolute atomic E-state index is 12.7. The minimum absolute atomic E-state index is 0.0873. The molecule has 0 heterocycles. The molecule has 2 aromatic carbocycles. The molecule has 6 heteroatoms. The van der Waals surface area contributed by atoms with Gasteiger partial charge in [-0.25, -0.2) is 4.79 Å². The highest BCUT2D eigenvalue weighted by atomic mass is 16.6. The van der Waals surface area contributed by atoms with Crippen molar-refractivity contribution in [3.05, 3.63) is 59.7 Å².